The van der Waals surface area contributed by atoms with E-state index >= 15 is 0 Å². The summed E-state index contributed by atoms with van der Waals surface area (Å²) in [4.78, 5) is 4.31. The highest BCUT2D eigenvalue weighted by molar-refractivity contribution is 5.59. The third-order valence-electron chi connectivity index (χ3n) is 1.57. The van der Waals surface area contributed by atoms with Crippen LogP contribution < -0.4 is 5.73 Å². The van der Waals surface area contributed by atoms with Gasteiger partial charge in [0, 0.05) is 17.8 Å². The molecule has 2 nitrogen and oxygen atoms in total. The Labute approximate surface area is 75.6 Å². The predicted molar refractivity (Wildman–Crippen MR) is 55.1 cm³/mol. The van der Waals surface area contributed by atoms with Crippen LogP contribution in [0.3, 0.4) is 0 Å². The number of aliphatic imine (C=N–C) groups is 1. The molecule has 0 fully saturated rings. The van der Waals surface area contributed by atoms with Crippen LogP contribution in [0.4, 0.5) is 0 Å². The minimum absolute atomic E-state index is 0.0546. The van der Waals surface area contributed by atoms with E-state index in [9.17, 15) is 0 Å². The molecular formula is C10H20N2. The molecule has 0 rings (SSSR count). The molecule has 0 aromatic carbocycles. The molecule has 0 aliphatic heterocycles. The van der Waals surface area contributed by atoms with Crippen molar-refractivity contribution in [3.8, 4) is 0 Å². The summed E-state index contributed by atoms with van der Waals surface area (Å²) >= 11 is 0. The van der Waals surface area contributed by atoms with Crippen LogP contribution in [0.25, 0.3) is 0 Å². The zero-order valence-electron chi connectivity index (χ0n) is 8.59. The lowest BCUT2D eigenvalue weighted by Gasteiger charge is -2.18. The molecule has 0 saturated carbocycles. The molecule has 0 atom stereocenters. The highest BCUT2D eigenvalue weighted by Crippen LogP contribution is 2.24. The van der Waals surface area contributed by atoms with Crippen molar-refractivity contribution in [3.63, 3.8) is 0 Å². The van der Waals surface area contributed by atoms with Gasteiger partial charge in [-0.2, -0.15) is 0 Å². The van der Waals surface area contributed by atoms with Crippen molar-refractivity contribution in [1.29, 1.82) is 0 Å². The summed E-state index contributed by atoms with van der Waals surface area (Å²) < 4.78 is 0. The Bertz CT molecular complexity index is 173. The summed E-state index contributed by atoms with van der Waals surface area (Å²) in [5, 5.41) is 0. The van der Waals surface area contributed by atoms with Crippen LogP contribution >= 0.6 is 0 Å². The van der Waals surface area contributed by atoms with E-state index in [1.165, 1.54) is 0 Å². The van der Waals surface area contributed by atoms with E-state index in [2.05, 4.69) is 32.7 Å². The monoisotopic (exact) mass is 168 g/mol. The molecule has 0 saturated heterocycles. The fraction of sp³-hybridized carbons (Fsp3) is 0.700. The van der Waals surface area contributed by atoms with Gasteiger partial charge >= 0.3 is 0 Å². The van der Waals surface area contributed by atoms with E-state index in [4.69, 9.17) is 5.73 Å². The largest absolute Gasteiger partial charge is 0.403 e. The quantitative estimate of drug-likeness (QED) is 0.646. The van der Waals surface area contributed by atoms with Crippen LogP contribution in [0, 0.1) is 5.41 Å². The van der Waals surface area contributed by atoms with Gasteiger partial charge < -0.3 is 5.73 Å². The minimum atomic E-state index is 0.0546. The first-order chi connectivity index (χ1) is 5.52. The second-order valence-corrected chi connectivity index (χ2v) is 3.90. The molecule has 0 heterocycles. The van der Waals surface area contributed by atoms with Crippen LogP contribution in [0.5, 0.6) is 0 Å². The Hall–Kier alpha value is -0.790. The molecule has 0 unspecified atom stereocenters. The summed E-state index contributed by atoms with van der Waals surface area (Å²) in [7, 11) is 0. The van der Waals surface area contributed by atoms with E-state index in [0.717, 1.165) is 18.5 Å². The molecule has 0 aliphatic rings. The Morgan fingerprint density at radius 1 is 1.42 bits per heavy atom. The van der Waals surface area contributed by atoms with E-state index in [1.54, 1.807) is 6.20 Å². The second kappa shape index (κ2) is 4.96. The molecule has 0 aromatic rings. The lowest BCUT2D eigenvalue weighted by Crippen LogP contribution is -2.09. The van der Waals surface area contributed by atoms with Crippen LogP contribution in [-0.2, 0) is 0 Å². The molecule has 0 spiro atoms. The Balaban J connectivity index is 4.21. The molecule has 0 amide bonds. The second-order valence-electron chi connectivity index (χ2n) is 3.90. The topological polar surface area (TPSA) is 38.4 Å². The lowest BCUT2D eigenvalue weighted by atomic mass is 9.93. The Morgan fingerprint density at radius 3 is 2.33 bits per heavy atom. The number of rotatable bonds is 3. The summed E-state index contributed by atoms with van der Waals surface area (Å²) in [6, 6.07) is 0. The average molecular weight is 168 g/mol. The molecule has 2 N–H and O–H groups in total. The van der Waals surface area contributed by atoms with Crippen molar-refractivity contribution < 1.29 is 0 Å². The van der Waals surface area contributed by atoms with Crippen molar-refractivity contribution in [3.05, 3.63) is 11.9 Å². The normalized spacial score (nSPS) is 14.2. The highest BCUT2D eigenvalue weighted by Gasteiger charge is 2.14. The number of hydrogen-bond donors (Lipinski definition) is 1. The average Bonchev–Trinajstić information content (AvgIpc) is 1.95. The molecule has 0 radical (unpaired) electrons. The molecule has 2 heteroatoms. The molecule has 0 bridgehead atoms. The van der Waals surface area contributed by atoms with Crippen LogP contribution in [0.15, 0.2) is 16.9 Å². The van der Waals surface area contributed by atoms with Crippen LogP contribution in [0.1, 0.15) is 40.5 Å². The van der Waals surface area contributed by atoms with Gasteiger partial charge in [0.25, 0.3) is 0 Å². The molecule has 0 aromatic heterocycles. The van der Waals surface area contributed by atoms with Crippen molar-refractivity contribution in [2.24, 2.45) is 16.1 Å². The lowest BCUT2D eigenvalue weighted by molar-refractivity contribution is 0.497. The van der Waals surface area contributed by atoms with E-state index in [0.29, 0.717) is 0 Å². The van der Waals surface area contributed by atoms with Crippen LogP contribution in [-0.4, -0.2) is 6.21 Å². The van der Waals surface area contributed by atoms with Crippen molar-refractivity contribution in [2.45, 2.75) is 40.5 Å². The van der Waals surface area contributed by atoms with Gasteiger partial charge in [-0.15, -0.1) is 0 Å². The number of hydrogen-bond acceptors (Lipinski definition) is 2. The fourth-order valence-electron chi connectivity index (χ4n) is 0.779. The summed E-state index contributed by atoms with van der Waals surface area (Å²) in [5.74, 6) is 0. The molecular weight excluding hydrogens is 148 g/mol. The summed E-state index contributed by atoms with van der Waals surface area (Å²) in [5.41, 5.74) is 6.47. The zero-order chi connectivity index (χ0) is 9.61. The predicted octanol–water partition coefficient (Wildman–Crippen LogP) is 2.70. The van der Waals surface area contributed by atoms with Crippen molar-refractivity contribution in [1.82, 2.24) is 0 Å². The molecule has 12 heavy (non-hydrogen) atoms. The fourth-order valence-corrected chi connectivity index (χ4v) is 0.779. The minimum Gasteiger partial charge on any atom is -0.403 e. The van der Waals surface area contributed by atoms with Crippen molar-refractivity contribution in [2.75, 3.05) is 0 Å². The Morgan fingerprint density at radius 2 is 2.00 bits per heavy atom. The number of allylic oxidation sites excluding steroid dienone is 1. The van der Waals surface area contributed by atoms with Gasteiger partial charge in [0.1, 0.15) is 0 Å². The zero-order valence-corrected chi connectivity index (χ0v) is 8.59. The maximum Gasteiger partial charge on any atom is 0.0607 e. The van der Waals surface area contributed by atoms with Gasteiger partial charge in [-0.05, 0) is 6.42 Å². The Kier molecular flexibility index (Phi) is 4.64. The van der Waals surface area contributed by atoms with Gasteiger partial charge in [-0.3, -0.25) is 4.99 Å². The first-order valence-electron chi connectivity index (χ1n) is 4.47. The summed E-state index contributed by atoms with van der Waals surface area (Å²) in [6.07, 6.45) is 5.68. The highest BCUT2D eigenvalue weighted by atomic mass is 14.8. The number of nitrogens with two attached hydrogens (primary N) is 1. The summed E-state index contributed by atoms with van der Waals surface area (Å²) in [6.45, 7) is 8.45. The van der Waals surface area contributed by atoms with E-state index in [-0.39, 0.29) is 5.41 Å². The third kappa shape index (κ3) is 4.16. The van der Waals surface area contributed by atoms with Crippen molar-refractivity contribution >= 4 is 6.21 Å². The van der Waals surface area contributed by atoms with Gasteiger partial charge in [0.05, 0.1) is 5.70 Å². The number of unbranched alkanes of at least 4 members (excludes halogenated alkanes) is 1. The van der Waals surface area contributed by atoms with E-state index in [1.807, 2.05) is 6.21 Å². The van der Waals surface area contributed by atoms with Gasteiger partial charge in [-0.1, -0.05) is 34.1 Å². The first-order valence-corrected chi connectivity index (χ1v) is 4.47. The number of nitrogens with zero attached hydrogens (tertiary/aromatic N) is 1. The van der Waals surface area contributed by atoms with E-state index < -0.39 is 0 Å². The van der Waals surface area contributed by atoms with Gasteiger partial charge in [-0.25, -0.2) is 0 Å². The molecule has 0 aliphatic carbocycles. The third-order valence-corrected chi connectivity index (χ3v) is 1.57. The maximum absolute atomic E-state index is 5.47. The standard InChI is InChI=1S/C10H20N2/c1-5-6-7-12-9(8-11)10(2,3)4/h7-8H,5-6,11H2,1-4H3/b9-8-,12-7?. The first kappa shape index (κ1) is 11.2. The van der Waals surface area contributed by atoms with Gasteiger partial charge in [0.15, 0.2) is 0 Å². The van der Waals surface area contributed by atoms with Crippen LogP contribution in [0.2, 0.25) is 0 Å². The SMILES string of the molecule is CCCC=N/C(=C\N)C(C)(C)C. The smallest absolute Gasteiger partial charge is 0.0607 e. The van der Waals surface area contributed by atoms with Gasteiger partial charge in [0.2, 0.25) is 0 Å². The maximum atomic E-state index is 5.47. The molecule has 70 valence electrons.